The molecule has 5 atom stereocenters. The van der Waals surface area contributed by atoms with Gasteiger partial charge in [0.2, 0.25) is 0 Å². The highest BCUT2D eigenvalue weighted by molar-refractivity contribution is 5.66. The van der Waals surface area contributed by atoms with E-state index in [4.69, 9.17) is 5.11 Å². The lowest BCUT2D eigenvalue weighted by Crippen LogP contribution is -2.21. The second-order valence-corrected chi connectivity index (χ2v) is 7.76. The van der Waals surface area contributed by atoms with Gasteiger partial charge in [0.05, 0.1) is 18.3 Å². The molecule has 156 valence electrons. The van der Waals surface area contributed by atoms with Crippen molar-refractivity contribution in [3.05, 3.63) is 24.3 Å². The highest BCUT2D eigenvalue weighted by Crippen LogP contribution is 2.37. The fourth-order valence-electron chi connectivity index (χ4n) is 3.81. The zero-order chi connectivity index (χ0) is 20.1. The Morgan fingerprint density at radius 2 is 1.85 bits per heavy atom. The molecule has 0 spiro atoms. The van der Waals surface area contributed by atoms with Crippen molar-refractivity contribution in [3.8, 4) is 0 Å². The summed E-state index contributed by atoms with van der Waals surface area (Å²) in [5.74, 6) is -0.742. The zero-order valence-corrected chi connectivity index (χ0v) is 16.7. The van der Waals surface area contributed by atoms with Crippen LogP contribution in [-0.2, 0) is 4.79 Å². The van der Waals surface area contributed by atoms with E-state index >= 15 is 0 Å². The molecule has 1 aliphatic carbocycles. The maximum Gasteiger partial charge on any atom is 0.303 e. The summed E-state index contributed by atoms with van der Waals surface area (Å²) in [4.78, 5) is 10.4. The standard InChI is InChI=1S/C22H38O5/c1-2-3-8-12-18-19(21(25)16-20(18)24)15-14-17(23)11-9-6-4-5-7-10-13-22(26)27/h6,9,14-15,17-21,23-25H,2-5,7-8,10-13,16H2,1H3,(H,26,27)/b9-6-,15-14+/t17-,18+,19+,20-,21+/m0/s1. The van der Waals surface area contributed by atoms with E-state index in [2.05, 4.69) is 6.92 Å². The van der Waals surface area contributed by atoms with Crippen molar-refractivity contribution in [1.82, 2.24) is 0 Å². The van der Waals surface area contributed by atoms with Crippen LogP contribution in [-0.4, -0.2) is 44.7 Å². The average Bonchev–Trinajstić information content (AvgIpc) is 2.88. The molecule has 1 fully saturated rings. The minimum atomic E-state index is -0.743. The fraction of sp³-hybridized carbons (Fsp3) is 0.773. The van der Waals surface area contributed by atoms with E-state index in [0.717, 1.165) is 44.9 Å². The van der Waals surface area contributed by atoms with Gasteiger partial charge in [-0.2, -0.15) is 0 Å². The Morgan fingerprint density at radius 1 is 1.07 bits per heavy atom. The van der Waals surface area contributed by atoms with E-state index in [1.54, 1.807) is 6.08 Å². The van der Waals surface area contributed by atoms with Crippen molar-refractivity contribution in [2.24, 2.45) is 11.8 Å². The van der Waals surface area contributed by atoms with Gasteiger partial charge >= 0.3 is 5.97 Å². The Bertz CT molecular complexity index is 460. The van der Waals surface area contributed by atoms with Crippen LogP contribution in [0, 0.1) is 11.8 Å². The molecule has 5 nitrogen and oxygen atoms in total. The van der Waals surface area contributed by atoms with E-state index in [1.165, 1.54) is 0 Å². The van der Waals surface area contributed by atoms with Gasteiger partial charge in [0.1, 0.15) is 0 Å². The monoisotopic (exact) mass is 382 g/mol. The first-order valence-electron chi connectivity index (χ1n) is 10.5. The van der Waals surface area contributed by atoms with Crippen LogP contribution in [0.3, 0.4) is 0 Å². The molecule has 27 heavy (non-hydrogen) atoms. The van der Waals surface area contributed by atoms with Gasteiger partial charge in [-0.15, -0.1) is 0 Å². The summed E-state index contributed by atoms with van der Waals surface area (Å²) < 4.78 is 0. The Hall–Kier alpha value is -1.17. The van der Waals surface area contributed by atoms with Crippen LogP contribution in [0.2, 0.25) is 0 Å². The molecule has 0 bridgehead atoms. The molecule has 4 N–H and O–H groups in total. The average molecular weight is 383 g/mol. The predicted octanol–water partition coefficient (Wildman–Crippen LogP) is 3.82. The smallest absolute Gasteiger partial charge is 0.303 e. The van der Waals surface area contributed by atoms with Gasteiger partial charge in [0, 0.05) is 18.8 Å². The Labute approximate surface area is 163 Å². The Kier molecular flexibility index (Phi) is 12.3. The SMILES string of the molecule is CCCCC[C@@H]1[C@@H](/C=C/[C@@H](O)C/C=C\CCCCCC(=O)O)[C@H](O)C[C@@H]1O. The van der Waals surface area contributed by atoms with Crippen molar-refractivity contribution in [2.75, 3.05) is 0 Å². The van der Waals surface area contributed by atoms with E-state index in [0.29, 0.717) is 19.3 Å². The minimum absolute atomic E-state index is 0.0790. The number of carboxylic acids is 1. The van der Waals surface area contributed by atoms with Crippen molar-refractivity contribution < 1.29 is 25.2 Å². The van der Waals surface area contributed by atoms with Gasteiger partial charge in [-0.05, 0) is 38.0 Å². The first kappa shape index (κ1) is 23.9. The largest absolute Gasteiger partial charge is 0.481 e. The van der Waals surface area contributed by atoms with Gasteiger partial charge in [-0.1, -0.05) is 56.9 Å². The topological polar surface area (TPSA) is 98.0 Å². The number of carbonyl (C=O) groups is 1. The highest BCUT2D eigenvalue weighted by Gasteiger charge is 2.39. The lowest BCUT2D eigenvalue weighted by atomic mass is 9.88. The van der Waals surface area contributed by atoms with Crippen LogP contribution in [0.5, 0.6) is 0 Å². The lowest BCUT2D eigenvalue weighted by molar-refractivity contribution is -0.137. The molecular formula is C22H38O5. The van der Waals surface area contributed by atoms with E-state index in [1.807, 2.05) is 18.2 Å². The molecule has 0 unspecified atom stereocenters. The summed E-state index contributed by atoms with van der Waals surface area (Å²) in [5, 5.41) is 39.1. The molecular weight excluding hydrogens is 344 g/mol. The summed E-state index contributed by atoms with van der Waals surface area (Å²) in [7, 11) is 0. The molecule has 0 aromatic rings. The van der Waals surface area contributed by atoms with E-state index in [-0.39, 0.29) is 18.3 Å². The number of carboxylic acid groups (broad SMARTS) is 1. The Balaban J connectivity index is 2.30. The molecule has 0 heterocycles. The van der Waals surface area contributed by atoms with Crippen LogP contribution >= 0.6 is 0 Å². The van der Waals surface area contributed by atoms with Gasteiger partial charge in [-0.25, -0.2) is 0 Å². The summed E-state index contributed by atoms with van der Waals surface area (Å²) in [6, 6.07) is 0. The molecule has 0 saturated heterocycles. The number of aliphatic carboxylic acids is 1. The van der Waals surface area contributed by atoms with Crippen LogP contribution in [0.4, 0.5) is 0 Å². The summed E-state index contributed by atoms with van der Waals surface area (Å²) in [6.07, 6.45) is 14.9. The van der Waals surface area contributed by atoms with Crippen LogP contribution < -0.4 is 0 Å². The van der Waals surface area contributed by atoms with Crippen molar-refractivity contribution in [2.45, 2.75) is 95.9 Å². The number of hydrogen-bond acceptors (Lipinski definition) is 4. The number of aliphatic hydroxyl groups is 3. The summed E-state index contributed by atoms with van der Waals surface area (Å²) >= 11 is 0. The van der Waals surface area contributed by atoms with Gasteiger partial charge in [0.15, 0.2) is 0 Å². The molecule has 0 aromatic carbocycles. The molecule has 1 rings (SSSR count). The maximum atomic E-state index is 10.4. The molecule has 1 aliphatic rings. The highest BCUT2D eigenvalue weighted by atomic mass is 16.4. The molecule has 5 heteroatoms. The minimum Gasteiger partial charge on any atom is -0.481 e. The van der Waals surface area contributed by atoms with E-state index < -0.39 is 24.3 Å². The summed E-state index contributed by atoms with van der Waals surface area (Å²) in [6.45, 7) is 2.15. The normalized spacial score (nSPS) is 27.0. The van der Waals surface area contributed by atoms with Gasteiger partial charge in [0.25, 0.3) is 0 Å². The lowest BCUT2D eigenvalue weighted by Gasteiger charge is -2.21. The summed E-state index contributed by atoms with van der Waals surface area (Å²) in [5.41, 5.74) is 0. The second kappa shape index (κ2) is 13.9. The third-order valence-electron chi connectivity index (χ3n) is 5.42. The first-order valence-corrected chi connectivity index (χ1v) is 10.5. The molecule has 0 aliphatic heterocycles. The molecule has 0 aromatic heterocycles. The second-order valence-electron chi connectivity index (χ2n) is 7.76. The van der Waals surface area contributed by atoms with Crippen LogP contribution in [0.1, 0.15) is 77.6 Å². The van der Waals surface area contributed by atoms with Crippen molar-refractivity contribution >= 4 is 5.97 Å². The van der Waals surface area contributed by atoms with Crippen LogP contribution in [0.15, 0.2) is 24.3 Å². The molecule has 0 amide bonds. The third-order valence-corrected chi connectivity index (χ3v) is 5.42. The first-order chi connectivity index (χ1) is 13.0. The van der Waals surface area contributed by atoms with Gasteiger partial charge in [-0.3, -0.25) is 4.79 Å². The fourth-order valence-corrected chi connectivity index (χ4v) is 3.81. The third kappa shape index (κ3) is 10.1. The van der Waals surface area contributed by atoms with Crippen molar-refractivity contribution in [3.63, 3.8) is 0 Å². The predicted molar refractivity (Wildman–Crippen MR) is 107 cm³/mol. The number of unbranched alkanes of at least 4 members (excludes halogenated alkanes) is 5. The van der Waals surface area contributed by atoms with Gasteiger partial charge < -0.3 is 20.4 Å². The maximum absolute atomic E-state index is 10.4. The number of hydrogen-bond donors (Lipinski definition) is 4. The quantitative estimate of drug-likeness (QED) is 0.270. The number of allylic oxidation sites excluding steroid dienone is 1. The van der Waals surface area contributed by atoms with E-state index in [9.17, 15) is 20.1 Å². The molecule has 0 radical (unpaired) electrons. The molecule has 1 saturated carbocycles. The number of rotatable bonds is 14. The zero-order valence-electron chi connectivity index (χ0n) is 16.7. The number of aliphatic hydroxyl groups excluding tert-OH is 3. The van der Waals surface area contributed by atoms with Crippen molar-refractivity contribution in [1.29, 1.82) is 0 Å². The Morgan fingerprint density at radius 3 is 2.56 bits per heavy atom. The van der Waals surface area contributed by atoms with Crippen LogP contribution in [0.25, 0.3) is 0 Å².